The van der Waals surface area contributed by atoms with Gasteiger partial charge in [-0.25, -0.2) is 8.78 Å². The summed E-state index contributed by atoms with van der Waals surface area (Å²) in [4.78, 5) is 0. The second kappa shape index (κ2) is 3.72. The van der Waals surface area contributed by atoms with Gasteiger partial charge in [-0.1, -0.05) is 13.8 Å². The third-order valence-electron chi connectivity index (χ3n) is 3.63. The minimum absolute atomic E-state index is 0.150. The van der Waals surface area contributed by atoms with Crippen LogP contribution in [0.2, 0.25) is 0 Å². The van der Waals surface area contributed by atoms with Crippen LogP contribution >= 0.6 is 0 Å². The molecule has 0 saturated heterocycles. The van der Waals surface area contributed by atoms with Crippen LogP contribution < -0.4 is 4.74 Å². The summed E-state index contributed by atoms with van der Waals surface area (Å²) >= 11 is 0. The summed E-state index contributed by atoms with van der Waals surface area (Å²) in [6, 6.07) is 2.21. The highest BCUT2D eigenvalue weighted by atomic mass is 19.1. The summed E-state index contributed by atoms with van der Waals surface area (Å²) in [6.07, 6.45) is 1.90. The van der Waals surface area contributed by atoms with Crippen molar-refractivity contribution in [2.24, 2.45) is 5.92 Å². The van der Waals surface area contributed by atoms with Gasteiger partial charge in [-0.15, -0.1) is 0 Å². The zero-order chi connectivity index (χ0) is 11.9. The number of hydrogen-bond acceptors (Lipinski definition) is 1. The molecule has 0 atom stereocenters. The summed E-state index contributed by atoms with van der Waals surface area (Å²) in [5, 5.41) is 0. The first kappa shape index (κ1) is 11.4. The lowest BCUT2D eigenvalue weighted by Crippen LogP contribution is -2.18. The highest BCUT2D eigenvalue weighted by molar-refractivity contribution is 5.45. The Kier molecular flexibility index (Phi) is 2.64. The van der Waals surface area contributed by atoms with Crippen LogP contribution in [0.5, 0.6) is 5.75 Å². The second-order valence-electron chi connectivity index (χ2n) is 4.78. The maximum Gasteiger partial charge on any atom is 0.133 e. The van der Waals surface area contributed by atoms with Crippen molar-refractivity contribution in [3.05, 3.63) is 29.3 Å². The van der Waals surface area contributed by atoms with Crippen molar-refractivity contribution in [2.75, 3.05) is 7.11 Å². The number of benzene rings is 1. The third-order valence-corrected chi connectivity index (χ3v) is 3.63. The molecule has 1 saturated carbocycles. The number of methoxy groups -OCH3 is 1. The number of hydrogen-bond donors (Lipinski definition) is 0. The van der Waals surface area contributed by atoms with Gasteiger partial charge in [0.15, 0.2) is 0 Å². The van der Waals surface area contributed by atoms with Crippen molar-refractivity contribution < 1.29 is 13.5 Å². The normalized spacial score (nSPS) is 17.6. The fourth-order valence-electron chi connectivity index (χ4n) is 2.44. The molecule has 2 rings (SSSR count). The van der Waals surface area contributed by atoms with E-state index in [0.717, 1.165) is 18.9 Å². The van der Waals surface area contributed by atoms with Crippen LogP contribution in [0.4, 0.5) is 8.78 Å². The van der Waals surface area contributed by atoms with Gasteiger partial charge in [-0.2, -0.15) is 0 Å². The van der Waals surface area contributed by atoms with E-state index in [4.69, 9.17) is 4.74 Å². The van der Waals surface area contributed by atoms with Crippen LogP contribution in [0.1, 0.15) is 32.3 Å². The molecule has 0 spiro atoms. The summed E-state index contributed by atoms with van der Waals surface area (Å²) in [5.41, 5.74) is 0.398. The summed E-state index contributed by atoms with van der Waals surface area (Å²) in [5.74, 6) is -0.397. The smallest absolute Gasteiger partial charge is 0.133 e. The van der Waals surface area contributed by atoms with Gasteiger partial charge in [-0.05, 0) is 18.8 Å². The first-order valence-corrected chi connectivity index (χ1v) is 5.55. The standard InChI is InChI=1S/C13H16F2O/c1-8(2)13(4-5-13)12-10(15)6-9(14)7-11(12)16-3/h6-8H,4-5H2,1-3H3. The largest absolute Gasteiger partial charge is 0.496 e. The molecule has 1 aliphatic rings. The molecule has 1 aliphatic carbocycles. The lowest BCUT2D eigenvalue weighted by atomic mass is 9.84. The molecule has 1 aromatic carbocycles. The van der Waals surface area contributed by atoms with E-state index in [1.807, 2.05) is 0 Å². The van der Waals surface area contributed by atoms with Crippen molar-refractivity contribution in [3.63, 3.8) is 0 Å². The molecule has 0 radical (unpaired) electrons. The van der Waals surface area contributed by atoms with E-state index in [2.05, 4.69) is 13.8 Å². The molecule has 0 aliphatic heterocycles. The van der Waals surface area contributed by atoms with Crippen LogP contribution in [-0.4, -0.2) is 7.11 Å². The maximum atomic E-state index is 13.9. The molecule has 0 aromatic heterocycles. The second-order valence-corrected chi connectivity index (χ2v) is 4.78. The van der Waals surface area contributed by atoms with E-state index in [0.29, 0.717) is 17.2 Å². The Hall–Kier alpha value is -1.12. The molecule has 0 amide bonds. The molecule has 0 bridgehead atoms. The Morgan fingerprint density at radius 3 is 2.31 bits per heavy atom. The van der Waals surface area contributed by atoms with Crippen molar-refractivity contribution >= 4 is 0 Å². The van der Waals surface area contributed by atoms with Crippen molar-refractivity contribution in [1.29, 1.82) is 0 Å². The van der Waals surface area contributed by atoms with Crippen LogP contribution in [0, 0.1) is 17.6 Å². The van der Waals surface area contributed by atoms with Crippen LogP contribution in [-0.2, 0) is 5.41 Å². The molecule has 16 heavy (non-hydrogen) atoms. The quantitative estimate of drug-likeness (QED) is 0.764. The van der Waals surface area contributed by atoms with Crippen LogP contribution in [0.25, 0.3) is 0 Å². The summed E-state index contributed by atoms with van der Waals surface area (Å²) < 4.78 is 32.1. The molecule has 1 aromatic rings. The number of ether oxygens (including phenoxy) is 1. The minimum atomic E-state index is -0.586. The summed E-state index contributed by atoms with van der Waals surface area (Å²) in [7, 11) is 1.45. The highest BCUT2D eigenvalue weighted by Crippen LogP contribution is 2.57. The Morgan fingerprint density at radius 2 is 1.88 bits per heavy atom. The predicted octanol–water partition coefficient (Wildman–Crippen LogP) is 3.66. The number of halogens is 2. The van der Waals surface area contributed by atoms with Gasteiger partial charge in [0.05, 0.1) is 7.11 Å². The lowest BCUT2D eigenvalue weighted by molar-refractivity contribution is 0.373. The first-order chi connectivity index (χ1) is 7.51. The van der Waals surface area contributed by atoms with Crippen molar-refractivity contribution in [1.82, 2.24) is 0 Å². The Morgan fingerprint density at radius 1 is 1.25 bits per heavy atom. The molecule has 0 unspecified atom stereocenters. The summed E-state index contributed by atoms with van der Waals surface area (Å²) in [6.45, 7) is 4.13. The molecule has 0 heterocycles. The Labute approximate surface area is 94.4 Å². The van der Waals surface area contributed by atoms with Crippen molar-refractivity contribution in [3.8, 4) is 5.75 Å². The minimum Gasteiger partial charge on any atom is -0.496 e. The molecule has 1 nitrogen and oxygen atoms in total. The molecule has 1 fully saturated rings. The van der Waals surface area contributed by atoms with E-state index in [1.165, 1.54) is 13.2 Å². The zero-order valence-corrected chi connectivity index (χ0v) is 9.81. The van der Waals surface area contributed by atoms with Gasteiger partial charge in [0, 0.05) is 23.1 Å². The number of rotatable bonds is 3. The molecule has 88 valence electrons. The van der Waals surface area contributed by atoms with Crippen LogP contribution in [0.15, 0.2) is 12.1 Å². The average molecular weight is 226 g/mol. The van der Waals surface area contributed by atoms with E-state index >= 15 is 0 Å². The monoisotopic (exact) mass is 226 g/mol. The SMILES string of the molecule is COc1cc(F)cc(F)c1C1(C(C)C)CC1. The molecular weight excluding hydrogens is 210 g/mol. The first-order valence-electron chi connectivity index (χ1n) is 5.55. The average Bonchev–Trinajstić information content (AvgIpc) is 2.97. The highest BCUT2D eigenvalue weighted by Gasteiger charge is 2.50. The fourth-order valence-corrected chi connectivity index (χ4v) is 2.44. The zero-order valence-electron chi connectivity index (χ0n) is 9.81. The Balaban J connectivity index is 2.56. The lowest BCUT2D eigenvalue weighted by Gasteiger charge is -2.23. The van der Waals surface area contributed by atoms with E-state index in [1.54, 1.807) is 0 Å². The van der Waals surface area contributed by atoms with E-state index in [-0.39, 0.29) is 5.41 Å². The maximum absolute atomic E-state index is 13.9. The third kappa shape index (κ3) is 1.58. The Bertz CT molecular complexity index is 409. The van der Waals surface area contributed by atoms with E-state index in [9.17, 15) is 8.78 Å². The fraction of sp³-hybridized carbons (Fsp3) is 0.538. The van der Waals surface area contributed by atoms with Gasteiger partial charge in [-0.3, -0.25) is 0 Å². The van der Waals surface area contributed by atoms with Gasteiger partial charge in [0.1, 0.15) is 17.4 Å². The molecule has 3 heteroatoms. The van der Waals surface area contributed by atoms with Crippen LogP contribution in [0.3, 0.4) is 0 Å². The van der Waals surface area contributed by atoms with E-state index < -0.39 is 11.6 Å². The topological polar surface area (TPSA) is 9.23 Å². The van der Waals surface area contributed by atoms with Gasteiger partial charge < -0.3 is 4.74 Å². The van der Waals surface area contributed by atoms with Gasteiger partial charge in [0.25, 0.3) is 0 Å². The van der Waals surface area contributed by atoms with Gasteiger partial charge >= 0.3 is 0 Å². The van der Waals surface area contributed by atoms with Crippen molar-refractivity contribution in [2.45, 2.75) is 32.1 Å². The predicted molar refractivity (Wildman–Crippen MR) is 58.7 cm³/mol. The van der Waals surface area contributed by atoms with Gasteiger partial charge in [0.2, 0.25) is 0 Å². The molecular formula is C13H16F2O. The molecule has 0 N–H and O–H groups in total.